The highest BCUT2D eigenvalue weighted by Crippen LogP contribution is 2.22. The van der Waals surface area contributed by atoms with Crippen LogP contribution in [0.15, 0.2) is 47.4 Å². The van der Waals surface area contributed by atoms with Gasteiger partial charge >= 0.3 is 6.09 Å². The number of hydrogen-bond donors (Lipinski definition) is 2. The van der Waals surface area contributed by atoms with E-state index in [9.17, 15) is 9.59 Å². The first-order valence-electron chi connectivity index (χ1n) is 11.8. The summed E-state index contributed by atoms with van der Waals surface area (Å²) in [6, 6.07) is 11.7. The molecule has 36 heavy (non-hydrogen) atoms. The lowest BCUT2D eigenvalue weighted by atomic mass is 10.0. The van der Waals surface area contributed by atoms with Gasteiger partial charge in [0.05, 0.1) is 19.3 Å². The molecular weight excluding hydrogens is 460 g/mol. The number of nitrogens with one attached hydrogen (secondary N) is 2. The van der Waals surface area contributed by atoms with Gasteiger partial charge in [-0.15, -0.1) is 0 Å². The number of nitrogens with zero attached hydrogens (tertiary/aromatic N) is 6. The van der Waals surface area contributed by atoms with Crippen molar-refractivity contribution in [2.45, 2.75) is 33.0 Å². The third kappa shape index (κ3) is 4.40. The second kappa shape index (κ2) is 9.78. The van der Waals surface area contributed by atoms with Crippen molar-refractivity contribution in [3.8, 4) is 5.82 Å². The van der Waals surface area contributed by atoms with E-state index < -0.39 is 6.09 Å². The van der Waals surface area contributed by atoms with Crippen LogP contribution in [0.4, 0.5) is 16.4 Å². The standard InChI is InChI=1S/C25H28N8O3/c1-4-32-23(34)20-14-27-24(29-18-9-8-17-13-26-11-10-16(17)12-18)30-22(20)33(32)21-7-5-6-19(28-21)15-31(2)25(35)36-3/h5-9,12,14,26H,4,10-11,13,15H2,1-3H3,(H,27,29,30). The second-order valence-corrected chi connectivity index (χ2v) is 8.61. The normalized spacial score (nSPS) is 12.9. The summed E-state index contributed by atoms with van der Waals surface area (Å²) in [6.45, 7) is 4.39. The lowest BCUT2D eigenvalue weighted by Gasteiger charge is -2.18. The minimum atomic E-state index is -0.457. The zero-order chi connectivity index (χ0) is 25.2. The molecule has 1 aromatic carbocycles. The molecule has 0 atom stereocenters. The molecule has 5 rings (SSSR count). The summed E-state index contributed by atoms with van der Waals surface area (Å²) in [6.07, 6.45) is 2.06. The molecule has 4 heterocycles. The molecule has 1 aliphatic rings. The van der Waals surface area contributed by atoms with Gasteiger partial charge in [0.25, 0.3) is 5.56 Å². The van der Waals surface area contributed by atoms with E-state index in [1.165, 1.54) is 23.1 Å². The number of hydrogen-bond acceptors (Lipinski definition) is 8. The van der Waals surface area contributed by atoms with Crippen molar-refractivity contribution in [1.82, 2.24) is 34.5 Å². The van der Waals surface area contributed by atoms with E-state index in [1.54, 1.807) is 28.7 Å². The number of methoxy groups -OCH3 is 1. The number of benzene rings is 1. The van der Waals surface area contributed by atoms with Gasteiger partial charge in [-0.25, -0.2) is 24.1 Å². The fourth-order valence-corrected chi connectivity index (χ4v) is 4.43. The third-order valence-corrected chi connectivity index (χ3v) is 6.22. The molecule has 1 aliphatic heterocycles. The topological polar surface area (TPSA) is 119 Å². The number of amides is 1. The summed E-state index contributed by atoms with van der Waals surface area (Å²) in [4.78, 5) is 40.2. The van der Waals surface area contributed by atoms with Crippen LogP contribution < -0.4 is 16.2 Å². The molecule has 0 bridgehead atoms. The molecule has 4 aromatic rings. The molecule has 0 aliphatic carbocycles. The van der Waals surface area contributed by atoms with E-state index in [0.29, 0.717) is 35.0 Å². The maximum absolute atomic E-state index is 13.1. The molecule has 186 valence electrons. The lowest BCUT2D eigenvalue weighted by Crippen LogP contribution is -2.26. The molecule has 1 amide bonds. The van der Waals surface area contributed by atoms with E-state index in [2.05, 4.69) is 27.8 Å². The van der Waals surface area contributed by atoms with Crippen molar-refractivity contribution in [1.29, 1.82) is 0 Å². The zero-order valence-electron chi connectivity index (χ0n) is 20.5. The van der Waals surface area contributed by atoms with Crippen LogP contribution in [0.5, 0.6) is 0 Å². The van der Waals surface area contributed by atoms with E-state index in [0.717, 1.165) is 25.2 Å². The zero-order valence-corrected chi connectivity index (χ0v) is 20.5. The Morgan fingerprint density at radius 1 is 1.22 bits per heavy atom. The first-order chi connectivity index (χ1) is 17.5. The summed E-state index contributed by atoms with van der Waals surface area (Å²) in [5, 5.41) is 7.06. The van der Waals surface area contributed by atoms with Gasteiger partial charge in [0.1, 0.15) is 5.39 Å². The van der Waals surface area contributed by atoms with Gasteiger partial charge in [0.15, 0.2) is 11.5 Å². The van der Waals surface area contributed by atoms with E-state index in [1.807, 2.05) is 25.1 Å². The number of anilines is 2. The van der Waals surface area contributed by atoms with Crippen LogP contribution in [0.1, 0.15) is 23.7 Å². The van der Waals surface area contributed by atoms with Gasteiger partial charge in [-0.05, 0) is 55.3 Å². The van der Waals surface area contributed by atoms with Crippen LogP contribution in [-0.2, 0) is 30.8 Å². The predicted molar refractivity (Wildman–Crippen MR) is 136 cm³/mol. The molecule has 11 nitrogen and oxygen atoms in total. The molecule has 0 saturated carbocycles. The Kier molecular flexibility index (Phi) is 6.38. The van der Waals surface area contributed by atoms with Crippen molar-refractivity contribution in [2.75, 3.05) is 26.0 Å². The van der Waals surface area contributed by atoms with Crippen LogP contribution in [0, 0.1) is 0 Å². The van der Waals surface area contributed by atoms with Gasteiger partial charge in [-0.3, -0.25) is 4.79 Å². The number of pyridine rings is 1. The lowest BCUT2D eigenvalue weighted by molar-refractivity contribution is 0.131. The Labute approximate surface area is 207 Å². The summed E-state index contributed by atoms with van der Waals surface area (Å²) < 4.78 is 8.04. The van der Waals surface area contributed by atoms with Gasteiger partial charge in [-0.2, -0.15) is 4.98 Å². The van der Waals surface area contributed by atoms with Crippen molar-refractivity contribution in [3.63, 3.8) is 0 Å². The van der Waals surface area contributed by atoms with Gasteiger partial charge in [0.2, 0.25) is 5.95 Å². The van der Waals surface area contributed by atoms with Crippen LogP contribution in [-0.4, -0.2) is 56.0 Å². The van der Waals surface area contributed by atoms with Crippen molar-refractivity contribution in [3.05, 3.63) is 69.8 Å². The Morgan fingerprint density at radius 3 is 2.89 bits per heavy atom. The Hall–Kier alpha value is -4.25. The Morgan fingerprint density at radius 2 is 2.08 bits per heavy atom. The SMILES string of the molecule is CCn1c(=O)c2cnc(Nc3ccc4c(c3)CCNC4)nc2n1-c1cccc(CN(C)C(=O)OC)n1. The largest absolute Gasteiger partial charge is 0.453 e. The smallest absolute Gasteiger partial charge is 0.409 e. The Bertz CT molecular complexity index is 1490. The first-order valence-corrected chi connectivity index (χ1v) is 11.8. The molecule has 0 fully saturated rings. The number of carbonyl (C=O) groups is 1. The van der Waals surface area contributed by atoms with E-state index in [-0.39, 0.29) is 12.1 Å². The first kappa shape index (κ1) is 23.5. The number of fused-ring (bicyclic) bond motifs is 2. The summed E-state index contributed by atoms with van der Waals surface area (Å²) in [5.74, 6) is 0.908. The fraction of sp³-hybridized carbons (Fsp3) is 0.320. The number of aromatic nitrogens is 5. The average molecular weight is 489 g/mol. The molecule has 0 spiro atoms. The third-order valence-electron chi connectivity index (χ3n) is 6.22. The van der Waals surface area contributed by atoms with Crippen molar-refractivity contribution < 1.29 is 9.53 Å². The molecule has 2 N–H and O–H groups in total. The highest BCUT2D eigenvalue weighted by molar-refractivity contribution is 5.77. The summed E-state index contributed by atoms with van der Waals surface area (Å²) in [7, 11) is 2.97. The maximum Gasteiger partial charge on any atom is 0.409 e. The average Bonchev–Trinajstić information content (AvgIpc) is 3.18. The van der Waals surface area contributed by atoms with Gasteiger partial charge in [-0.1, -0.05) is 12.1 Å². The van der Waals surface area contributed by atoms with Gasteiger partial charge < -0.3 is 20.3 Å². The molecule has 3 aromatic heterocycles. The van der Waals surface area contributed by atoms with Crippen LogP contribution >= 0.6 is 0 Å². The van der Waals surface area contributed by atoms with Crippen LogP contribution in [0.25, 0.3) is 16.9 Å². The van der Waals surface area contributed by atoms with Gasteiger partial charge in [0, 0.05) is 32.0 Å². The molecule has 0 radical (unpaired) electrons. The molecular formula is C25H28N8O3. The minimum absolute atomic E-state index is 0.195. The summed E-state index contributed by atoms with van der Waals surface area (Å²) in [5.41, 5.74) is 4.39. The highest BCUT2D eigenvalue weighted by Gasteiger charge is 2.19. The number of carbonyl (C=O) groups excluding carboxylic acids is 1. The highest BCUT2D eigenvalue weighted by atomic mass is 16.5. The van der Waals surface area contributed by atoms with Crippen molar-refractivity contribution in [2.24, 2.45) is 0 Å². The second-order valence-electron chi connectivity index (χ2n) is 8.61. The quantitative estimate of drug-likeness (QED) is 0.425. The van der Waals surface area contributed by atoms with Crippen molar-refractivity contribution >= 4 is 28.8 Å². The van der Waals surface area contributed by atoms with Crippen LogP contribution in [0.2, 0.25) is 0 Å². The van der Waals surface area contributed by atoms with Crippen LogP contribution in [0.3, 0.4) is 0 Å². The molecule has 0 unspecified atom stereocenters. The monoisotopic (exact) mass is 488 g/mol. The number of rotatable bonds is 6. The van der Waals surface area contributed by atoms with E-state index in [4.69, 9.17) is 14.7 Å². The predicted octanol–water partition coefficient (Wildman–Crippen LogP) is 2.58. The number of ether oxygens (including phenoxy) is 1. The molecule has 0 saturated heterocycles. The maximum atomic E-state index is 13.1. The minimum Gasteiger partial charge on any atom is -0.453 e. The summed E-state index contributed by atoms with van der Waals surface area (Å²) >= 11 is 0. The molecule has 11 heteroatoms. The Balaban J connectivity index is 1.53. The fourth-order valence-electron chi connectivity index (χ4n) is 4.43. The van der Waals surface area contributed by atoms with E-state index >= 15 is 0 Å².